The van der Waals surface area contributed by atoms with Gasteiger partial charge in [0, 0.05) is 20.1 Å². The van der Waals surface area contributed by atoms with Crippen molar-refractivity contribution in [3.63, 3.8) is 0 Å². The van der Waals surface area contributed by atoms with Crippen LogP contribution < -0.4 is 10.1 Å². The molecule has 1 aromatic rings. The summed E-state index contributed by atoms with van der Waals surface area (Å²) in [7, 11) is 3.27. The average Bonchev–Trinajstić information content (AvgIpc) is 2.40. The summed E-state index contributed by atoms with van der Waals surface area (Å²) >= 11 is 0. The van der Waals surface area contributed by atoms with Gasteiger partial charge in [-0.25, -0.2) is 0 Å². The Morgan fingerprint density at radius 3 is 2.56 bits per heavy atom. The normalized spacial score (nSPS) is 10.1. The van der Waals surface area contributed by atoms with Crippen molar-refractivity contribution in [2.24, 2.45) is 0 Å². The second kappa shape index (κ2) is 8.53. The van der Waals surface area contributed by atoms with E-state index in [9.17, 15) is 4.79 Å². The maximum atomic E-state index is 11.4. The SMILES string of the molecule is COCCNC(=O)CCCc1ccc(OC)cc1. The highest BCUT2D eigenvalue weighted by Crippen LogP contribution is 2.13. The second-order valence-corrected chi connectivity index (χ2v) is 4.04. The van der Waals surface area contributed by atoms with Crippen molar-refractivity contribution in [2.45, 2.75) is 19.3 Å². The molecule has 1 amide bonds. The molecule has 1 aromatic carbocycles. The summed E-state index contributed by atoms with van der Waals surface area (Å²) in [5.41, 5.74) is 1.22. The van der Waals surface area contributed by atoms with Gasteiger partial charge in [0.15, 0.2) is 0 Å². The summed E-state index contributed by atoms with van der Waals surface area (Å²) in [4.78, 5) is 11.4. The molecular weight excluding hydrogens is 230 g/mol. The monoisotopic (exact) mass is 251 g/mol. The van der Waals surface area contributed by atoms with E-state index < -0.39 is 0 Å². The molecule has 0 radical (unpaired) electrons. The number of hydrogen-bond acceptors (Lipinski definition) is 3. The minimum atomic E-state index is 0.0839. The molecule has 18 heavy (non-hydrogen) atoms. The first-order valence-electron chi connectivity index (χ1n) is 6.15. The number of aryl methyl sites for hydroxylation is 1. The van der Waals surface area contributed by atoms with Gasteiger partial charge in [0.05, 0.1) is 13.7 Å². The van der Waals surface area contributed by atoms with Gasteiger partial charge in [-0.2, -0.15) is 0 Å². The molecule has 0 saturated carbocycles. The molecule has 0 saturated heterocycles. The number of hydrogen-bond donors (Lipinski definition) is 1. The Labute approximate surface area is 108 Å². The molecule has 0 unspecified atom stereocenters. The molecular formula is C14H21NO3. The van der Waals surface area contributed by atoms with E-state index >= 15 is 0 Å². The third-order valence-electron chi connectivity index (χ3n) is 2.66. The summed E-state index contributed by atoms with van der Waals surface area (Å²) < 4.78 is 9.95. The Kier molecular flexibility index (Phi) is 6.87. The van der Waals surface area contributed by atoms with Crippen molar-refractivity contribution in [3.05, 3.63) is 29.8 Å². The zero-order valence-corrected chi connectivity index (χ0v) is 11.1. The van der Waals surface area contributed by atoms with Gasteiger partial charge in [-0.3, -0.25) is 4.79 Å². The van der Waals surface area contributed by atoms with E-state index in [0.29, 0.717) is 19.6 Å². The lowest BCUT2D eigenvalue weighted by Crippen LogP contribution is -2.26. The summed E-state index contributed by atoms with van der Waals surface area (Å²) in [5.74, 6) is 0.941. The van der Waals surface area contributed by atoms with Crippen LogP contribution >= 0.6 is 0 Å². The molecule has 0 aliphatic carbocycles. The Balaban J connectivity index is 2.18. The van der Waals surface area contributed by atoms with Crippen LogP contribution in [0.4, 0.5) is 0 Å². The third kappa shape index (κ3) is 5.68. The standard InChI is InChI=1S/C14H21NO3/c1-17-11-10-15-14(16)5-3-4-12-6-8-13(18-2)9-7-12/h6-9H,3-5,10-11H2,1-2H3,(H,15,16). The van der Waals surface area contributed by atoms with Crippen molar-refractivity contribution >= 4 is 5.91 Å². The van der Waals surface area contributed by atoms with E-state index in [1.54, 1.807) is 14.2 Å². The van der Waals surface area contributed by atoms with Crippen molar-refractivity contribution in [1.82, 2.24) is 5.32 Å². The number of carbonyl (C=O) groups is 1. The van der Waals surface area contributed by atoms with E-state index in [-0.39, 0.29) is 5.91 Å². The van der Waals surface area contributed by atoms with E-state index in [1.165, 1.54) is 5.56 Å². The van der Waals surface area contributed by atoms with Gasteiger partial charge in [-0.1, -0.05) is 12.1 Å². The zero-order chi connectivity index (χ0) is 13.2. The summed E-state index contributed by atoms with van der Waals surface area (Å²) in [6.45, 7) is 1.14. The highest BCUT2D eigenvalue weighted by molar-refractivity contribution is 5.75. The van der Waals surface area contributed by atoms with Crippen LogP contribution in [0.5, 0.6) is 5.75 Å². The minimum Gasteiger partial charge on any atom is -0.497 e. The number of methoxy groups -OCH3 is 2. The van der Waals surface area contributed by atoms with Gasteiger partial charge < -0.3 is 14.8 Å². The molecule has 0 bridgehead atoms. The number of carbonyl (C=O) groups excluding carboxylic acids is 1. The van der Waals surface area contributed by atoms with Crippen LogP contribution in [0, 0.1) is 0 Å². The Morgan fingerprint density at radius 1 is 1.22 bits per heavy atom. The minimum absolute atomic E-state index is 0.0839. The molecule has 0 spiro atoms. The number of benzene rings is 1. The fraction of sp³-hybridized carbons (Fsp3) is 0.500. The van der Waals surface area contributed by atoms with Gasteiger partial charge in [0.2, 0.25) is 5.91 Å². The largest absolute Gasteiger partial charge is 0.497 e. The van der Waals surface area contributed by atoms with Crippen LogP contribution in [-0.4, -0.2) is 33.3 Å². The number of rotatable bonds is 8. The third-order valence-corrected chi connectivity index (χ3v) is 2.66. The Bertz CT molecular complexity index is 349. The van der Waals surface area contributed by atoms with E-state index in [0.717, 1.165) is 18.6 Å². The maximum absolute atomic E-state index is 11.4. The average molecular weight is 251 g/mol. The molecule has 4 heteroatoms. The highest BCUT2D eigenvalue weighted by Gasteiger charge is 2.01. The highest BCUT2D eigenvalue weighted by atomic mass is 16.5. The molecule has 4 nitrogen and oxygen atoms in total. The van der Waals surface area contributed by atoms with E-state index in [2.05, 4.69) is 5.32 Å². The predicted molar refractivity (Wildman–Crippen MR) is 70.8 cm³/mol. The van der Waals surface area contributed by atoms with Crippen molar-refractivity contribution < 1.29 is 14.3 Å². The smallest absolute Gasteiger partial charge is 0.220 e. The van der Waals surface area contributed by atoms with Gasteiger partial charge in [0.25, 0.3) is 0 Å². The first-order chi connectivity index (χ1) is 8.76. The molecule has 1 rings (SSSR count). The van der Waals surface area contributed by atoms with Crippen LogP contribution in [-0.2, 0) is 16.0 Å². The fourth-order valence-electron chi connectivity index (χ4n) is 1.63. The Morgan fingerprint density at radius 2 is 1.94 bits per heavy atom. The summed E-state index contributed by atoms with van der Waals surface area (Å²) in [5, 5.41) is 2.80. The molecule has 0 aromatic heterocycles. The van der Waals surface area contributed by atoms with Crippen LogP contribution in [0.1, 0.15) is 18.4 Å². The maximum Gasteiger partial charge on any atom is 0.220 e. The van der Waals surface area contributed by atoms with Gasteiger partial charge in [-0.05, 0) is 30.5 Å². The number of nitrogens with one attached hydrogen (secondary N) is 1. The molecule has 0 atom stereocenters. The molecule has 1 N–H and O–H groups in total. The fourth-order valence-corrected chi connectivity index (χ4v) is 1.63. The van der Waals surface area contributed by atoms with Gasteiger partial charge in [0.1, 0.15) is 5.75 Å². The number of amides is 1. The molecule has 0 heterocycles. The van der Waals surface area contributed by atoms with E-state index in [4.69, 9.17) is 9.47 Å². The van der Waals surface area contributed by atoms with Crippen molar-refractivity contribution in [3.8, 4) is 5.75 Å². The van der Waals surface area contributed by atoms with Crippen LogP contribution in [0.2, 0.25) is 0 Å². The first kappa shape index (κ1) is 14.5. The van der Waals surface area contributed by atoms with Crippen LogP contribution in [0.3, 0.4) is 0 Å². The van der Waals surface area contributed by atoms with Crippen LogP contribution in [0.15, 0.2) is 24.3 Å². The second-order valence-electron chi connectivity index (χ2n) is 4.04. The lowest BCUT2D eigenvalue weighted by molar-refractivity contribution is -0.121. The predicted octanol–water partition coefficient (Wildman–Crippen LogP) is 1.78. The first-order valence-corrected chi connectivity index (χ1v) is 6.15. The quantitative estimate of drug-likeness (QED) is 0.716. The molecule has 0 aliphatic heterocycles. The van der Waals surface area contributed by atoms with E-state index in [1.807, 2.05) is 24.3 Å². The van der Waals surface area contributed by atoms with Crippen LogP contribution in [0.25, 0.3) is 0 Å². The summed E-state index contributed by atoms with van der Waals surface area (Å²) in [6, 6.07) is 7.94. The topological polar surface area (TPSA) is 47.6 Å². The molecule has 100 valence electrons. The lowest BCUT2D eigenvalue weighted by Gasteiger charge is -2.05. The number of ether oxygens (including phenoxy) is 2. The molecule has 0 aliphatic rings. The molecule has 0 fully saturated rings. The van der Waals surface area contributed by atoms with Crippen molar-refractivity contribution in [2.75, 3.05) is 27.4 Å². The van der Waals surface area contributed by atoms with Gasteiger partial charge >= 0.3 is 0 Å². The summed E-state index contributed by atoms with van der Waals surface area (Å²) in [6.07, 6.45) is 2.31. The zero-order valence-electron chi connectivity index (χ0n) is 11.1. The Hall–Kier alpha value is -1.55. The van der Waals surface area contributed by atoms with Gasteiger partial charge in [-0.15, -0.1) is 0 Å². The van der Waals surface area contributed by atoms with Crippen molar-refractivity contribution in [1.29, 1.82) is 0 Å². The lowest BCUT2D eigenvalue weighted by atomic mass is 10.1.